The van der Waals surface area contributed by atoms with E-state index in [2.05, 4.69) is 5.32 Å². The van der Waals surface area contributed by atoms with Gasteiger partial charge in [0.1, 0.15) is 18.1 Å². The Morgan fingerprint density at radius 1 is 1.19 bits per heavy atom. The summed E-state index contributed by atoms with van der Waals surface area (Å²) in [6, 6.07) is 10.1. The zero-order valence-corrected chi connectivity index (χ0v) is 11.4. The molecule has 0 aliphatic rings. The minimum Gasteiger partial charge on any atom is -0.486 e. The van der Waals surface area contributed by atoms with Gasteiger partial charge in [-0.1, -0.05) is 0 Å². The molecule has 1 aromatic carbocycles. The van der Waals surface area contributed by atoms with Crippen molar-refractivity contribution in [1.82, 2.24) is 5.43 Å². The summed E-state index contributed by atoms with van der Waals surface area (Å²) < 4.78 is 10.8. The molecule has 0 aliphatic carbocycles. The summed E-state index contributed by atoms with van der Waals surface area (Å²) in [4.78, 5) is 22.1. The molecule has 0 aliphatic heterocycles. The number of hydrazine groups is 1. The normalized spacial score (nSPS) is 10.0. The lowest BCUT2D eigenvalue weighted by Crippen LogP contribution is -2.29. The number of carbonyl (C=O) groups is 2. The van der Waals surface area contributed by atoms with Gasteiger partial charge in [0.2, 0.25) is 5.91 Å². The number of hydrogen-bond acceptors (Lipinski definition) is 5. The molecular formula is C14H15N3O4. The molecule has 110 valence electrons. The molecule has 0 bridgehead atoms. The van der Waals surface area contributed by atoms with E-state index in [1.165, 1.54) is 13.0 Å². The maximum atomic E-state index is 11.2. The minimum absolute atomic E-state index is 0.122. The quantitative estimate of drug-likeness (QED) is 0.438. The summed E-state index contributed by atoms with van der Waals surface area (Å²) in [6.07, 6.45) is 0. The average molecular weight is 289 g/mol. The molecule has 0 unspecified atom stereocenters. The van der Waals surface area contributed by atoms with Crippen LogP contribution in [0.3, 0.4) is 0 Å². The molecule has 0 saturated carbocycles. The summed E-state index contributed by atoms with van der Waals surface area (Å²) in [5.74, 6) is 5.61. The number of nitrogens with two attached hydrogens (primary N) is 1. The standard InChI is InChI=1S/C14H15N3O4/c1-9(18)16-10-2-4-11(5-3-10)20-8-12-6-7-13(21-12)14(19)17-15/h2-7H,8,15H2,1H3,(H,16,18)(H,17,19). The van der Waals surface area contributed by atoms with Crippen LogP contribution in [0.25, 0.3) is 0 Å². The number of amides is 2. The third-order valence-corrected chi connectivity index (χ3v) is 2.57. The molecule has 7 nitrogen and oxygen atoms in total. The number of hydrogen-bond donors (Lipinski definition) is 3. The number of nitrogens with one attached hydrogen (secondary N) is 2. The second kappa shape index (κ2) is 6.58. The zero-order chi connectivity index (χ0) is 15.2. The van der Waals surface area contributed by atoms with Gasteiger partial charge in [-0.05, 0) is 36.4 Å². The number of rotatable bonds is 5. The number of benzene rings is 1. The van der Waals surface area contributed by atoms with Crippen LogP contribution in [0.15, 0.2) is 40.8 Å². The van der Waals surface area contributed by atoms with E-state index in [-0.39, 0.29) is 18.3 Å². The van der Waals surface area contributed by atoms with Crippen LogP contribution in [0.1, 0.15) is 23.2 Å². The Bertz CT molecular complexity index is 634. The van der Waals surface area contributed by atoms with Gasteiger partial charge in [-0.15, -0.1) is 0 Å². The summed E-state index contributed by atoms with van der Waals surface area (Å²) in [5.41, 5.74) is 2.67. The molecule has 21 heavy (non-hydrogen) atoms. The lowest BCUT2D eigenvalue weighted by Gasteiger charge is -2.06. The number of nitrogen functional groups attached to an aromatic ring is 1. The van der Waals surface area contributed by atoms with Crippen molar-refractivity contribution in [3.8, 4) is 5.75 Å². The summed E-state index contributed by atoms with van der Waals surface area (Å²) >= 11 is 0. The predicted molar refractivity (Wildman–Crippen MR) is 75.4 cm³/mol. The second-order valence-corrected chi connectivity index (χ2v) is 4.23. The molecule has 7 heteroatoms. The maximum Gasteiger partial charge on any atom is 0.300 e. The highest BCUT2D eigenvalue weighted by molar-refractivity contribution is 5.91. The van der Waals surface area contributed by atoms with Gasteiger partial charge in [-0.2, -0.15) is 0 Å². The predicted octanol–water partition coefficient (Wildman–Crippen LogP) is 1.42. The molecule has 0 atom stereocenters. The van der Waals surface area contributed by atoms with Crippen molar-refractivity contribution >= 4 is 17.5 Å². The average Bonchev–Trinajstić information content (AvgIpc) is 2.94. The Balaban J connectivity index is 1.92. The molecule has 2 rings (SSSR count). The Morgan fingerprint density at radius 2 is 1.90 bits per heavy atom. The first-order valence-corrected chi connectivity index (χ1v) is 6.18. The van der Waals surface area contributed by atoms with Crippen LogP contribution in [0, 0.1) is 0 Å². The van der Waals surface area contributed by atoms with Crippen molar-refractivity contribution in [2.75, 3.05) is 5.32 Å². The van der Waals surface area contributed by atoms with Crippen LogP contribution >= 0.6 is 0 Å². The van der Waals surface area contributed by atoms with Crippen molar-refractivity contribution in [3.05, 3.63) is 47.9 Å². The molecule has 4 N–H and O–H groups in total. The van der Waals surface area contributed by atoms with Gasteiger partial charge in [0.15, 0.2) is 5.76 Å². The molecule has 1 aromatic heterocycles. The van der Waals surface area contributed by atoms with Gasteiger partial charge >= 0.3 is 5.91 Å². The van der Waals surface area contributed by atoms with E-state index in [1.807, 2.05) is 5.43 Å². The molecule has 2 aromatic rings. The smallest absolute Gasteiger partial charge is 0.300 e. The highest BCUT2D eigenvalue weighted by atomic mass is 16.5. The highest BCUT2D eigenvalue weighted by Crippen LogP contribution is 2.17. The molecule has 0 radical (unpaired) electrons. The highest BCUT2D eigenvalue weighted by Gasteiger charge is 2.09. The Labute approximate surface area is 121 Å². The lowest BCUT2D eigenvalue weighted by molar-refractivity contribution is -0.114. The maximum absolute atomic E-state index is 11.2. The van der Waals surface area contributed by atoms with Gasteiger partial charge in [-0.25, -0.2) is 5.84 Å². The minimum atomic E-state index is -0.499. The van der Waals surface area contributed by atoms with Crippen LogP contribution in [-0.2, 0) is 11.4 Å². The fourth-order valence-electron chi connectivity index (χ4n) is 1.64. The Kier molecular flexibility index (Phi) is 4.57. The molecule has 2 amide bonds. The van der Waals surface area contributed by atoms with E-state index in [1.54, 1.807) is 30.3 Å². The topological polar surface area (TPSA) is 107 Å². The molecular weight excluding hydrogens is 274 g/mol. The number of carbonyl (C=O) groups excluding carboxylic acids is 2. The third-order valence-electron chi connectivity index (χ3n) is 2.57. The van der Waals surface area contributed by atoms with Crippen molar-refractivity contribution in [1.29, 1.82) is 0 Å². The molecule has 0 spiro atoms. The van der Waals surface area contributed by atoms with Crippen LogP contribution in [-0.4, -0.2) is 11.8 Å². The fraction of sp³-hybridized carbons (Fsp3) is 0.143. The first kappa shape index (κ1) is 14.6. The van der Waals surface area contributed by atoms with Crippen molar-refractivity contribution < 1.29 is 18.7 Å². The van der Waals surface area contributed by atoms with E-state index in [0.717, 1.165) is 0 Å². The SMILES string of the molecule is CC(=O)Nc1ccc(OCc2ccc(C(=O)NN)o2)cc1. The summed E-state index contributed by atoms with van der Waals surface area (Å²) in [5, 5.41) is 2.66. The molecule has 0 saturated heterocycles. The Morgan fingerprint density at radius 3 is 2.52 bits per heavy atom. The van der Waals surface area contributed by atoms with Crippen LogP contribution in [0.2, 0.25) is 0 Å². The van der Waals surface area contributed by atoms with Crippen molar-refractivity contribution in [3.63, 3.8) is 0 Å². The van der Waals surface area contributed by atoms with Gasteiger partial charge in [0, 0.05) is 12.6 Å². The van der Waals surface area contributed by atoms with Crippen LogP contribution < -0.4 is 21.3 Å². The summed E-state index contributed by atoms with van der Waals surface area (Å²) in [6.45, 7) is 1.62. The van der Waals surface area contributed by atoms with Crippen LogP contribution in [0.4, 0.5) is 5.69 Å². The molecule has 1 heterocycles. The van der Waals surface area contributed by atoms with E-state index in [4.69, 9.17) is 15.0 Å². The van der Waals surface area contributed by atoms with Gasteiger partial charge < -0.3 is 14.5 Å². The third kappa shape index (κ3) is 4.08. The fourth-order valence-corrected chi connectivity index (χ4v) is 1.64. The van der Waals surface area contributed by atoms with Crippen molar-refractivity contribution in [2.24, 2.45) is 5.84 Å². The monoisotopic (exact) mass is 289 g/mol. The van der Waals surface area contributed by atoms with E-state index >= 15 is 0 Å². The second-order valence-electron chi connectivity index (χ2n) is 4.23. The summed E-state index contributed by atoms with van der Waals surface area (Å²) in [7, 11) is 0. The first-order chi connectivity index (χ1) is 10.1. The Hall–Kier alpha value is -2.80. The van der Waals surface area contributed by atoms with Crippen LogP contribution in [0.5, 0.6) is 5.75 Å². The van der Waals surface area contributed by atoms with E-state index in [0.29, 0.717) is 17.2 Å². The number of anilines is 1. The van der Waals surface area contributed by atoms with Gasteiger partial charge in [-0.3, -0.25) is 15.0 Å². The van der Waals surface area contributed by atoms with Gasteiger partial charge in [0.25, 0.3) is 0 Å². The largest absolute Gasteiger partial charge is 0.486 e. The molecule has 0 fully saturated rings. The van der Waals surface area contributed by atoms with Gasteiger partial charge in [0.05, 0.1) is 0 Å². The number of ether oxygens (including phenoxy) is 1. The first-order valence-electron chi connectivity index (χ1n) is 6.18. The zero-order valence-electron chi connectivity index (χ0n) is 11.4. The number of furan rings is 1. The van der Waals surface area contributed by atoms with E-state index in [9.17, 15) is 9.59 Å². The lowest BCUT2D eigenvalue weighted by atomic mass is 10.3. The van der Waals surface area contributed by atoms with Crippen molar-refractivity contribution in [2.45, 2.75) is 13.5 Å². The van der Waals surface area contributed by atoms with E-state index < -0.39 is 5.91 Å².